The number of methoxy groups -OCH3 is 2. The first kappa shape index (κ1) is 17.9. The Morgan fingerprint density at radius 2 is 1.88 bits per heavy atom. The van der Waals surface area contributed by atoms with E-state index in [2.05, 4.69) is 5.32 Å². The number of hydrogen-bond donors (Lipinski definition) is 1. The van der Waals surface area contributed by atoms with Crippen LogP contribution in [0.3, 0.4) is 0 Å². The van der Waals surface area contributed by atoms with E-state index in [1.54, 1.807) is 25.2 Å². The molecule has 0 saturated carbocycles. The van der Waals surface area contributed by atoms with Crippen molar-refractivity contribution in [3.63, 3.8) is 0 Å². The molecule has 0 spiro atoms. The number of carbonyl (C=O) groups excluding carboxylic acids is 1. The fourth-order valence-electron chi connectivity index (χ4n) is 2.83. The van der Waals surface area contributed by atoms with Gasteiger partial charge in [0.15, 0.2) is 0 Å². The molecule has 2 amide bonds. The molecule has 138 valence electrons. The minimum absolute atomic E-state index is 0.0392. The van der Waals surface area contributed by atoms with Crippen LogP contribution in [-0.4, -0.2) is 44.3 Å². The van der Waals surface area contributed by atoms with E-state index in [0.29, 0.717) is 25.4 Å². The highest BCUT2D eigenvalue weighted by Gasteiger charge is 2.32. The maximum Gasteiger partial charge on any atom is 0.317 e. The Morgan fingerprint density at radius 1 is 1.12 bits per heavy atom. The van der Waals surface area contributed by atoms with Crippen LogP contribution in [0.25, 0.3) is 0 Å². The van der Waals surface area contributed by atoms with Crippen LogP contribution in [-0.2, 0) is 6.54 Å². The molecule has 1 N–H and O–H groups in total. The molecule has 0 aromatic heterocycles. The molecule has 6 heteroatoms. The van der Waals surface area contributed by atoms with Crippen LogP contribution in [0, 0.1) is 6.92 Å². The highest BCUT2D eigenvalue weighted by atomic mass is 16.5. The quantitative estimate of drug-likeness (QED) is 0.864. The summed E-state index contributed by atoms with van der Waals surface area (Å²) in [5, 5.41) is 2.92. The third-order valence-corrected chi connectivity index (χ3v) is 4.45. The van der Waals surface area contributed by atoms with Gasteiger partial charge in [0.25, 0.3) is 0 Å². The first-order valence-corrected chi connectivity index (χ1v) is 8.56. The third kappa shape index (κ3) is 4.02. The fraction of sp³-hybridized carbons (Fsp3) is 0.350. The second kappa shape index (κ2) is 7.99. The van der Waals surface area contributed by atoms with Crippen LogP contribution in [0.5, 0.6) is 17.2 Å². The molecule has 1 aliphatic heterocycles. The summed E-state index contributed by atoms with van der Waals surface area (Å²) in [6, 6.07) is 13.3. The summed E-state index contributed by atoms with van der Waals surface area (Å²) in [7, 11) is 3.21. The molecule has 2 aromatic rings. The largest absolute Gasteiger partial charge is 0.497 e. The minimum atomic E-state index is -0.104. The van der Waals surface area contributed by atoms with Crippen LogP contribution in [0.1, 0.15) is 11.1 Å². The van der Waals surface area contributed by atoms with E-state index >= 15 is 0 Å². The van der Waals surface area contributed by atoms with E-state index < -0.39 is 0 Å². The van der Waals surface area contributed by atoms with Crippen molar-refractivity contribution in [3.05, 3.63) is 53.6 Å². The number of nitrogens with one attached hydrogen (secondary N) is 1. The van der Waals surface area contributed by atoms with Crippen molar-refractivity contribution in [2.24, 2.45) is 0 Å². The molecule has 26 heavy (non-hydrogen) atoms. The molecule has 3 rings (SSSR count). The lowest BCUT2D eigenvalue weighted by Gasteiger charge is -2.39. The Hall–Kier alpha value is -2.89. The Kier molecular flexibility index (Phi) is 5.51. The number of urea groups is 1. The summed E-state index contributed by atoms with van der Waals surface area (Å²) in [5.74, 6) is 2.28. The number of ether oxygens (including phenoxy) is 3. The molecular formula is C20H24N2O4. The molecular weight excluding hydrogens is 332 g/mol. The van der Waals surface area contributed by atoms with Gasteiger partial charge >= 0.3 is 6.03 Å². The number of hydrogen-bond acceptors (Lipinski definition) is 4. The zero-order valence-corrected chi connectivity index (χ0v) is 15.3. The van der Waals surface area contributed by atoms with Gasteiger partial charge in [-0.1, -0.05) is 18.2 Å². The minimum Gasteiger partial charge on any atom is -0.497 e. The van der Waals surface area contributed by atoms with Crippen molar-refractivity contribution < 1.29 is 19.0 Å². The molecule has 1 heterocycles. The average molecular weight is 356 g/mol. The number of amides is 2. The normalized spacial score (nSPS) is 13.7. The molecule has 1 fully saturated rings. The van der Waals surface area contributed by atoms with Crippen molar-refractivity contribution in [1.29, 1.82) is 0 Å². The van der Waals surface area contributed by atoms with Crippen LogP contribution in [0.4, 0.5) is 4.79 Å². The Bertz CT molecular complexity index is 772. The summed E-state index contributed by atoms with van der Waals surface area (Å²) in [6.07, 6.45) is 0.0392. The van der Waals surface area contributed by atoms with Gasteiger partial charge in [0, 0.05) is 18.2 Å². The third-order valence-electron chi connectivity index (χ3n) is 4.45. The fourth-order valence-corrected chi connectivity index (χ4v) is 2.83. The highest BCUT2D eigenvalue weighted by molar-refractivity contribution is 5.75. The molecule has 0 radical (unpaired) electrons. The first-order chi connectivity index (χ1) is 12.6. The number of benzene rings is 2. The Morgan fingerprint density at radius 3 is 2.58 bits per heavy atom. The molecule has 2 aromatic carbocycles. The van der Waals surface area contributed by atoms with E-state index in [9.17, 15) is 4.79 Å². The number of nitrogens with zero attached hydrogens (tertiary/aromatic N) is 1. The number of rotatable bonds is 6. The van der Waals surface area contributed by atoms with Crippen LogP contribution in [0.15, 0.2) is 42.5 Å². The van der Waals surface area contributed by atoms with Crippen molar-refractivity contribution in [2.45, 2.75) is 19.6 Å². The van der Waals surface area contributed by atoms with Gasteiger partial charge in [-0.15, -0.1) is 0 Å². The molecule has 0 aliphatic carbocycles. The van der Waals surface area contributed by atoms with Crippen molar-refractivity contribution in [1.82, 2.24) is 10.2 Å². The molecule has 6 nitrogen and oxygen atoms in total. The standard InChI is InChI=1S/C20H24N2O4/c1-14-6-4-5-7-18(14)26-17-12-22(13-17)20(23)21-11-15-8-9-16(24-2)10-19(15)25-3/h4-10,17H,11-13H2,1-3H3,(H,21,23). The zero-order valence-electron chi connectivity index (χ0n) is 15.3. The summed E-state index contributed by atoms with van der Waals surface area (Å²) >= 11 is 0. The van der Waals surface area contributed by atoms with Crippen LogP contribution < -0.4 is 19.5 Å². The number of carbonyl (C=O) groups is 1. The van der Waals surface area contributed by atoms with Crippen molar-refractivity contribution >= 4 is 6.03 Å². The maximum absolute atomic E-state index is 12.3. The van der Waals surface area contributed by atoms with Crippen molar-refractivity contribution in [3.8, 4) is 17.2 Å². The summed E-state index contributed by atoms with van der Waals surface area (Å²) < 4.78 is 16.5. The van der Waals surface area contributed by atoms with Gasteiger partial charge in [-0.05, 0) is 30.7 Å². The lowest BCUT2D eigenvalue weighted by molar-refractivity contribution is 0.0439. The van der Waals surface area contributed by atoms with Crippen LogP contribution >= 0.6 is 0 Å². The topological polar surface area (TPSA) is 60.0 Å². The monoisotopic (exact) mass is 356 g/mol. The summed E-state index contributed by atoms with van der Waals surface area (Å²) in [5.41, 5.74) is 2.00. The highest BCUT2D eigenvalue weighted by Crippen LogP contribution is 2.25. The van der Waals surface area contributed by atoms with Crippen LogP contribution in [0.2, 0.25) is 0 Å². The molecule has 0 unspecified atom stereocenters. The molecule has 0 bridgehead atoms. The molecule has 1 saturated heterocycles. The van der Waals surface area contributed by atoms with E-state index in [0.717, 1.165) is 22.6 Å². The second-order valence-corrected chi connectivity index (χ2v) is 6.25. The first-order valence-electron chi connectivity index (χ1n) is 8.56. The van der Waals surface area contributed by atoms with Gasteiger partial charge in [0.2, 0.25) is 0 Å². The smallest absolute Gasteiger partial charge is 0.317 e. The van der Waals surface area contributed by atoms with Crippen molar-refractivity contribution in [2.75, 3.05) is 27.3 Å². The number of aryl methyl sites for hydroxylation is 1. The van der Waals surface area contributed by atoms with Gasteiger partial charge in [-0.3, -0.25) is 0 Å². The van der Waals surface area contributed by atoms with E-state index in [1.165, 1.54) is 0 Å². The predicted octanol–water partition coefficient (Wildman–Crippen LogP) is 2.99. The lowest BCUT2D eigenvalue weighted by atomic mass is 10.1. The predicted molar refractivity (Wildman–Crippen MR) is 98.9 cm³/mol. The van der Waals surface area contributed by atoms with E-state index in [1.807, 2.05) is 43.3 Å². The molecule has 1 aliphatic rings. The number of likely N-dealkylation sites (tertiary alicyclic amines) is 1. The summed E-state index contributed by atoms with van der Waals surface area (Å²) in [6.45, 7) is 3.58. The second-order valence-electron chi connectivity index (χ2n) is 6.25. The van der Waals surface area contributed by atoms with Gasteiger partial charge in [-0.25, -0.2) is 4.79 Å². The zero-order chi connectivity index (χ0) is 18.5. The van der Waals surface area contributed by atoms with Gasteiger partial charge < -0.3 is 24.4 Å². The van der Waals surface area contributed by atoms with Gasteiger partial charge in [0.05, 0.1) is 27.3 Å². The van der Waals surface area contributed by atoms with E-state index in [4.69, 9.17) is 14.2 Å². The van der Waals surface area contributed by atoms with Gasteiger partial charge in [0.1, 0.15) is 23.4 Å². The Balaban J connectivity index is 1.48. The molecule has 0 atom stereocenters. The lowest BCUT2D eigenvalue weighted by Crippen LogP contribution is -2.58. The summed E-state index contributed by atoms with van der Waals surface area (Å²) in [4.78, 5) is 14.0. The van der Waals surface area contributed by atoms with E-state index in [-0.39, 0.29) is 12.1 Å². The SMILES string of the molecule is COc1ccc(CNC(=O)N2CC(Oc3ccccc3C)C2)c(OC)c1. The maximum atomic E-state index is 12.3. The van der Waals surface area contributed by atoms with Gasteiger partial charge in [-0.2, -0.15) is 0 Å². The average Bonchev–Trinajstić information content (AvgIpc) is 2.63. The number of para-hydroxylation sites is 1. The Labute approximate surface area is 153 Å².